The van der Waals surface area contributed by atoms with Crippen molar-refractivity contribution < 1.29 is 9.59 Å². The van der Waals surface area contributed by atoms with E-state index < -0.39 is 0 Å². The molecular formula is C12H13NO2S. The zero-order valence-electron chi connectivity index (χ0n) is 8.97. The molecule has 3 nitrogen and oxygen atoms in total. The minimum atomic E-state index is -0.260. The van der Waals surface area contributed by atoms with Crippen LogP contribution >= 0.6 is 11.8 Å². The summed E-state index contributed by atoms with van der Waals surface area (Å²) in [5, 5.41) is 2.05. The average molecular weight is 235 g/mol. The standard InChI is InChI=1S/C12H13NO2S/c1-2-9-11(14)13-12(15)10(16-9)8-6-4-3-5-7-8/h3-7,9-10H,2H2,1H3,(H,13,14,15). The van der Waals surface area contributed by atoms with Crippen LogP contribution in [-0.4, -0.2) is 17.1 Å². The number of hydrogen-bond donors (Lipinski definition) is 1. The number of thioether (sulfide) groups is 1. The minimum Gasteiger partial charge on any atom is -0.294 e. The van der Waals surface area contributed by atoms with Crippen molar-refractivity contribution in [3.05, 3.63) is 35.9 Å². The molecule has 0 aromatic heterocycles. The summed E-state index contributed by atoms with van der Waals surface area (Å²) < 4.78 is 0. The molecule has 0 aliphatic carbocycles. The van der Waals surface area contributed by atoms with E-state index in [4.69, 9.17) is 0 Å². The van der Waals surface area contributed by atoms with Crippen LogP contribution in [0.25, 0.3) is 0 Å². The molecule has 16 heavy (non-hydrogen) atoms. The minimum absolute atomic E-state index is 0.122. The van der Waals surface area contributed by atoms with E-state index in [0.717, 1.165) is 12.0 Å². The van der Waals surface area contributed by atoms with Gasteiger partial charge in [-0.1, -0.05) is 37.3 Å². The van der Waals surface area contributed by atoms with Gasteiger partial charge in [-0.25, -0.2) is 0 Å². The van der Waals surface area contributed by atoms with Crippen molar-refractivity contribution in [3.63, 3.8) is 0 Å². The number of benzene rings is 1. The quantitative estimate of drug-likeness (QED) is 0.796. The second-order valence-corrected chi connectivity index (χ2v) is 4.99. The first-order valence-corrected chi connectivity index (χ1v) is 6.21. The van der Waals surface area contributed by atoms with Crippen LogP contribution in [0.4, 0.5) is 0 Å². The van der Waals surface area contributed by atoms with Crippen LogP contribution in [-0.2, 0) is 9.59 Å². The normalized spacial score (nSPS) is 25.3. The molecule has 4 heteroatoms. The molecule has 1 aliphatic heterocycles. The Morgan fingerprint density at radius 3 is 2.50 bits per heavy atom. The Bertz CT molecular complexity index is 405. The smallest absolute Gasteiger partial charge is 0.244 e. The van der Waals surface area contributed by atoms with Gasteiger partial charge < -0.3 is 0 Å². The third-order valence-electron chi connectivity index (χ3n) is 2.55. The lowest BCUT2D eigenvalue weighted by atomic mass is 10.1. The number of hydrogen-bond acceptors (Lipinski definition) is 3. The van der Waals surface area contributed by atoms with Gasteiger partial charge in [-0.2, -0.15) is 0 Å². The van der Waals surface area contributed by atoms with Gasteiger partial charge >= 0.3 is 0 Å². The van der Waals surface area contributed by atoms with Crippen molar-refractivity contribution in [3.8, 4) is 0 Å². The maximum absolute atomic E-state index is 11.7. The van der Waals surface area contributed by atoms with Crippen molar-refractivity contribution in [1.82, 2.24) is 5.32 Å². The predicted octanol–water partition coefficient (Wildman–Crippen LogP) is 1.90. The topological polar surface area (TPSA) is 46.2 Å². The van der Waals surface area contributed by atoms with Gasteiger partial charge in [0.25, 0.3) is 0 Å². The number of nitrogens with one attached hydrogen (secondary N) is 1. The van der Waals surface area contributed by atoms with Crippen LogP contribution in [0.5, 0.6) is 0 Å². The van der Waals surface area contributed by atoms with Crippen LogP contribution in [0.3, 0.4) is 0 Å². The second kappa shape index (κ2) is 4.70. The molecule has 1 fully saturated rings. The van der Waals surface area contributed by atoms with Gasteiger partial charge in [-0.15, -0.1) is 11.8 Å². The van der Waals surface area contributed by atoms with Gasteiger partial charge in [0.05, 0.1) is 5.25 Å². The fraction of sp³-hybridized carbons (Fsp3) is 0.333. The highest BCUT2D eigenvalue weighted by molar-refractivity contribution is 8.01. The summed E-state index contributed by atoms with van der Waals surface area (Å²) in [5.74, 6) is -0.365. The van der Waals surface area contributed by atoms with Gasteiger partial charge in [0.2, 0.25) is 11.8 Å². The number of rotatable bonds is 2. The highest BCUT2D eigenvalue weighted by atomic mass is 32.2. The Labute approximate surface area is 98.6 Å². The predicted molar refractivity (Wildman–Crippen MR) is 64.0 cm³/mol. The van der Waals surface area contributed by atoms with Gasteiger partial charge in [0, 0.05) is 0 Å². The molecule has 1 heterocycles. The van der Waals surface area contributed by atoms with E-state index in [0.29, 0.717) is 0 Å². The molecule has 2 rings (SSSR count). The van der Waals surface area contributed by atoms with Crippen molar-refractivity contribution in [1.29, 1.82) is 0 Å². The van der Waals surface area contributed by atoms with E-state index in [2.05, 4.69) is 5.32 Å². The number of imide groups is 1. The molecule has 1 aromatic carbocycles. The molecule has 1 saturated heterocycles. The monoisotopic (exact) mass is 235 g/mol. The third-order valence-corrected chi connectivity index (χ3v) is 4.18. The lowest BCUT2D eigenvalue weighted by molar-refractivity contribution is -0.130. The van der Waals surface area contributed by atoms with E-state index in [1.807, 2.05) is 37.3 Å². The van der Waals surface area contributed by atoms with E-state index >= 15 is 0 Å². The van der Waals surface area contributed by atoms with E-state index in [9.17, 15) is 9.59 Å². The van der Waals surface area contributed by atoms with Crippen LogP contribution < -0.4 is 5.32 Å². The summed E-state index contributed by atoms with van der Waals surface area (Å²) in [6, 6.07) is 9.55. The summed E-state index contributed by atoms with van der Waals surface area (Å²) in [6.07, 6.45) is 0.743. The lowest BCUT2D eigenvalue weighted by Crippen LogP contribution is -2.44. The van der Waals surface area contributed by atoms with E-state index in [1.54, 1.807) is 0 Å². The van der Waals surface area contributed by atoms with Gasteiger partial charge in [-0.3, -0.25) is 14.9 Å². The van der Waals surface area contributed by atoms with Crippen molar-refractivity contribution in [2.45, 2.75) is 23.8 Å². The zero-order chi connectivity index (χ0) is 11.5. The second-order valence-electron chi connectivity index (χ2n) is 3.68. The Morgan fingerprint density at radius 1 is 1.19 bits per heavy atom. The largest absolute Gasteiger partial charge is 0.294 e. The molecule has 2 atom stereocenters. The summed E-state index contributed by atoms with van der Waals surface area (Å²) in [5.41, 5.74) is 0.955. The first-order valence-electron chi connectivity index (χ1n) is 5.27. The van der Waals surface area contributed by atoms with Crippen LogP contribution in [0.15, 0.2) is 30.3 Å². The Hall–Kier alpha value is -1.29. The Kier molecular flexibility index (Phi) is 3.29. The molecule has 0 bridgehead atoms. The van der Waals surface area contributed by atoms with E-state index in [1.165, 1.54) is 11.8 Å². The molecular weight excluding hydrogens is 222 g/mol. The average Bonchev–Trinajstić information content (AvgIpc) is 2.30. The first kappa shape index (κ1) is 11.2. The van der Waals surface area contributed by atoms with Crippen LogP contribution in [0.2, 0.25) is 0 Å². The highest BCUT2D eigenvalue weighted by Crippen LogP contribution is 2.36. The summed E-state index contributed by atoms with van der Waals surface area (Å²) in [6.45, 7) is 1.95. The Balaban J connectivity index is 2.22. The molecule has 0 radical (unpaired) electrons. The molecule has 1 N–H and O–H groups in total. The number of amides is 2. The molecule has 1 aromatic rings. The van der Waals surface area contributed by atoms with Gasteiger partial charge in [0.1, 0.15) is 5.25 Å². The van der Waals surface area contributed by atoms with Crippen molar-refractivity contribution in [2.75, 3.05) is 0 Å². The number of carbonyl (C=O) groups excluding carboxylic acids is 2. The lowest BCUT2D eigenvalue weighted by Gasteiger charge is -2.26. The molecule has 1 aliphatic rings. The van der Waals surface area contributed by atoms with Crippen molar-refractivity contribution in [2.24, 2.45) is 0 Å². The third kappa shape index (κ3) is 2.11. The Morgan fingerprint density at radius 2 is 1.88 bits per heavy atom. The first-order chi connectivity index (χ1) is 7.72. The zero-order valence-corrected chi connectivity index (χ0v) is 9.79. The molecule has 84 valence electrons. The SMILES string of the molecule is CCC1SC(c2ccccc2)C(=O)NC1=O. The van der Waals surface area contributed by atoms with Gasteiger partial charge in [0.15, 0.2) is 0 Å². The molecule has 0 saturated carbocycles. The summed E-state index contributed by atoms with van der Waals surface area (Å²) in [7, 11) is 0. The molecule has 2 unspecified atom stereocenters. The number of carbonyl (C=O) groups is 2. The summed E-state index contributed by atoms with van der Waals surface area (Å²) >= 11 is 1.44. The molecule has 0 spiro atoms. The maximum atomic E-state index is 11.7. The van der Waals surface area contributed by atoms with Crippen LogP contribution in [0.1, 0.15) is 24.2 Å². The summed E-state index contributed by atoms with van der Waals surface area (Å²) in [4.78, 5) is 23.2. The van der Waals surface area contributed by atoms with Crippen molar-refractivity contribution >= 4 is 23.6 Å². The van der Waals surface area contributed by atoms with Crippen LogP contribution in [0, 0.1) is 0 Å². The fourth-order valence-corrected chi connectivity index (χ4v) is 2.90. The fourth-order valence-electron chi connectivity index (χ4n) is 1.69. The van der Waals surface area contributed by atoms with Gasteiger partial charge in [-0.05, 0) is 12.0 Å². The maximum Gasteiger partial charge on any atom is 0.244 e. The molecule has 2 amide bonds. The van der Waals surface area contributed by atoms with E-state index in [-0.39, 0.29) is 22.3 Å². The highest BCUT2D eigenvalue weighted by Gasteiger charge is 2.34.